The number of nitrogens with zero attached hydrogens (tertiary/aromatic N) is 2. The van der Waals surface area contributed by atoms with Crippen molar-refractivity contribution in [3.63, 3.8) is 0 Å². The van der Waals surface area contributed by atoms with E-state index in [1.807, 2.05) is 37.3 Å². The van der Waals surface area contributed by atoms with Crippen LogP contribution in [0.4, 0.5) is 11.5 Å². The second-order valence-corrected chi connectivity index (χ2v) is 6.38. The third kappa shape index (κ3) is 4.08. The molecule has 0 radical (unpaired) electrons. The zero-order valence-electron chi connectivity index (χ0n) is 15.1. The summed E-state index contributed by atoms with van der Waals surface area (Å²) in [4.78, 5) is 12.5. The Kier molecular flexibility index (Phi) is 5.31. The first kappa shape index (κ1) is 17.7. The minimum absolute atomic E-state index is 0.270. The van der Waals surface area contributed by atoms with Crippen LogP contribution < -0.4 is 10.6 Å². The van der Waals surface area contributed by atoms with Crippen molar-refractivity contribution in [2.45, 2.75) is 33.2 Å². The summed E-state index contributed by atoms with van der Waals surface area (Å²) >= 11 is 0. The van der Waals surface area contributed by atoms with Crippen molar-refractivity contribution >= 4 is 17.4 Å². The Hall–Kier alpha value is -3.15. The lowest BCUT2D eigenvalue weighted by molar-refractivity contribution is 0.102. The zero-order valence-corrected chi connectivity index (χ0v) is 15.1. The highest BCUT2D eigenvalue weighted by Crippen LogP contribution is 2.27. The number of carbonyl (C=O) groups is 1. The summed E-state index contributed by atoms with van der Waals surface area (Å²) < 4.78 is 5.25. The third-order valence-corrected chi connectivity index (χ3v) is 4.09. The van der Waals surface area contributed by atoms with Crippen molar-refractivity contribution in [3.05, 3.63) is 71.3 Å². The molecule has 3 aromatic rings. The van der Waals surface area contributed by atoms with E-state index in [-0.39, 0.29) is 11.6 Å². The Bertz CT molecular complexity index is 871. The van der Waals surface area contributed by atoms with E-state index in [4.69, 9.17) is 4.42 Å². The molecule has 0 aliphatic carbocycles. The van der Waals surface area contributed by atoms with Crippen LogP contribution in [-0.2, 0) is 6.54 Å². The summed E-state index contributed by atoms with van der Waals surface area (Å²) in [6.45, 7) is 6.69. The first-order valence-electron chi connectivity index (χ1n) is 8.55. The molecule has 0 fully saturated rings. The van der Waals surface area contributed by atoms with Crippen LogP contribution in [0.15, 0.2) is 53.1 Å². The van der Waals surface area contributed by atoms with Gasteiger partial charge >= 0.3 is 0 Å². The number of hydrogen-bond acceptors (Lipinski definition) is 5. The van der Waals surface area contributed by atoms with Crippen LogP contribution in [0.1, 0.15) is 47.1 Å². The minimum atomic E-state index is -0.272. The summed E-state index contributed by atoms with van der Waals surface area (Å²) in [5.74, 6) is 1.42. The predicted molar refractivity (Wildman–Crippen MR) is 101 cm³/mol. The van der Waals surface area contributed by atoms with Gasteiger partial charge < -0.3 is 15.1 Å². The molecule has 3 rings (SSSR count). The van der Waals surface area contributed by atoms with Gasteiger partial charge in [0.05, 0.1) is 12.8 Å². The van der Waals surface area contributed by atoms with Crippen molar-refractivity contribution in [1.82, 2.24) is 10.2 Å². The van der Waals surface area contributed by atoms with E-state index in [1.165, 1.54) is 0 Å². The number of carbonyl (C=O) groups excluding carboxylic acids is 1. The average molecular weight is 350 g/mol. The van der Waals surface area contributed by atoms with E-state index in [2.05, 4.69) is 34.7 Å². The monoisotopic (exact) mass is 350 g/mol. The van der Waals surface area contributed by atoms with Gasteiger partial charge in [-0.2, -0.15) is 0 Å². The van der Waals surface area contributed by atoms with Gasteiger partial charge in [0.2, 0.25) is 0 Å². The zero-order chi connectivity index (χ0) is 18.5. The van der Waals surface area contributed by atoms with Crippen molar-refractivity contribution in [2.24, 2.45) is 0 Å². The molecule has 0 spiro atoms. The fourth-order valence-electron chi connectivity index (χ4n) is 2.66. The molecule has 1 amide bonds. The molecule has 6 heteroatoms. The number of rotatable bonds is 6. The maximum atomic E-state index is 12.5. The van der Waals surface area contributed by atoms with Crippen LogP contribution in [0, 0.1) is 6.92 Å². The highest BCUT2D eigenvalue weighted by molar-refractivity contribution is 6.03. The first-order valence-corrected chi connectivity index (χ1v) is 8.55. The van der Waals surface area contributed by atoms with Crippen LogP contribution in [-0.4, -0.2) is 16.1 Å². The van der Waals surface area contributed by atoms with Gasteiger partial charge in [0, 0.05) is 5.69 Å². The lowest BCUT2D eigenvalue weighted by atomic mass is 9.98. The number of furan rings is 1. The summed E-state index contributed by atoms with van der Waals surface area (Å²) in [7, 11) is 0. The molecule has 0 aliphatic heterocycles. The van der Waals surface area contributed by atoms with Gasteiger partial charge in [-0.15, -0.1) is 10.2 Å². The normalized spacial score (nSPS) is 10.8. The summed E-state index contributed by atoms with van der Waals surface area (Å²) in [5.41, 5.74) is 3.23. The Morgan fingerprint density at radius 2 is 1.96 bits per heavy atom. The van der Waals surface area contributed by atoms with E-state index in [0.29, 0.717) is 18.3 Å². The van der Waals surface area contributed by atoms with E-state index < -0.39 is 0 Å². The molecule has 6 nitrogen and oxygen atoms in total. The van der Waals surface area contributed by atoms with E-state index in [0.717, 1.165) is 22.6 Å². The van der Waals surface area contributed by atoms with Crippen molar-refractivity contribution in [3.8, 4) is 0 Å². The number of aromatic nitrogens is 2. The Labute approximate surface area is 152 Å². The topological polar surface area (TPSA) is 80.0 Å². The van der Waals surface area contributed by atoms with Gasteiger partial charge in [-0.3, -0.25) is 4.79 Å². The molecule has 26 heavy (non-hydrogen) atoms. The molecular weight excluding hydrogens is 328 g/mol. The number of para-hydroxylation sites is 1. The molecule has 2 aromatic heterocycles. The van der Waals surface area contributed by atoms with E-state index in [9.17, 15) is 4.79 Å². The number of nitrogens with one attached hydrogen (secondary N) is 2. The van der Waals surface area contributed by atoms with Gasteiger partial charge in [-0.25, -0.2) is 0 Å². The number of aryl methyl sites for hydroxylation is 1. The van der Waals surface area contributed by atoms with Gasteiger partial charge in [0.1, 0.15) is 11.6 Å². The largest absolute Gasteiger partial charge is 0.467 e. The Balaban J connectivity index is 1.69. The molecule has 1 aromatic carbocycles. The highest BCUT2D eigenvalue weighted by atomic mass is 16.3. The molecule has 2 heterocycles. The quantitative estimate of drug-likeness (QED) is 0.690. The van der Waals surface area contributed by atoms with Gasteiger partial charge in [-0.05, 0) is 48.2 Å². The average Bonchev–Trinajstić information content (AvgIpc) is 3.15. The summed E-state index contributed by atoms with van der Waals surface area (Å²) in [5, 5.41) is 14.2. The third-order valence-electron chi connectivity index (χ3n) is 4.09. The van der Waals surface area contributed by atoms with Crippen LogP contribution >= 0.6 is 0 Å². The molecule has 2 N–H and O–H groups in total. The molecule has 0 bridgehead atoms. The minimum Gasteiger partial charge on any atom is -0.467 e. The highest BCUT2D eigenvalue weighted by Gasteiger charge is 2.14. The van der Waals surface area contributed by atoms with Gasteiger partial charge in [0.15, 0.2) is 5.69 Å². The van der Waals surface area contributed by atoms with Crippen LogP contribution in [0.5, 0.6) is 0 Å². The fraction of sp³-hybridized carbons (Fsp3) is 0.250. The molecule has 0 atom stereocenters. The maximum absolute atomic E-state index is 12.5. The van der Waals surface area contributed by atoms with Crippen LogP contribution in [0.3, 0.4) is 0 Å². The van der Waals surface area contributed by atoms with Crippen molar-refractivity contribution < 1.29 is 9.21 Å². The smallest absolute Gasteiger partial charge is 0.276 e. The molecule has 134 valence electrons. The molecule has 0 saturated carbocycles. The van der Waals surface area contributed by atoms with Gasteiger partial charge in [-0.1, -0.05) is 32.0 Å². The number of hydrogen-bond donors (Lipinski definition) is 2. The van der Waals surface area contributed by atoms with Crippen LogP contribution in [0.25, 0.3) is 0 Å². The number of anilines is 2. The molecular formula is C20H22N4O2. The summed E-state index contributed by atoms with van der Waals surface area (Å²) in [6.07, 6.45) is 1.62. The summed E-state index contributed by atoms with van der Waals surface area (Å²) in [6, 6.07) is 13.1. The second kappa shape index (κ2) is 7.82. The lowest BCUT2D eigenvalue weighted by Gasteiger charge is -2.16. The second-order valence-electron chi connectivity index (χ2n) is 6.38. The molecule has 0 unspecified atom stereocenters. The van der Waals surface area contributed by atoms with Gasteiger partial charge in [0.25, 0.3) is 5.91 Å². The van der Waals surface area contributed by atoms with E-state index >= 15 is 0 Å². The maximum Gasteiger partial charge on any atom is 0.276 e. The Morgan fingerprint density at radius 1 is 1.12 bits per heavy atom. The SMILES string of the molecule is Cc1cccc(C(C)C)c1NC(=O)c1ccc(NCc2ccco2)nn1. The standard InChI is InChI=1S/C20H22N4O2/c1-13(2)16-8-4-6-14(3)19(16)22-20(25)17-9-10-18(24-23-17)21-12-15-7-5-11-26-15/h4-11,13H,12H2,1-3H3,(H,21,24)(H,22,25). The van der Waals surface area contributed by atoms with Crippen LogP contribution in [0.2, 0.25) is 0 Å². The Morgan fingerprint density at radius 3 is 2.62 bits per heavy atom. The first-order chi connectivity index (χ1) is 12.5. The fourth-order valence-corrected chi connectivity index (χ4v) is 2.66. The predicted octanol–water partition coefficient (Wildman–Crippen LogP) is 4.37. The molecule has 0 saturated heterocycles. The number of amides is 1. The van der Waals surface area contributed by atoms with E-state index in [1.54, 1.807) is 18.4 Å². The van der Waals surface area contributed by atoms with Crippen molar-refractivity contribution in [1.29, 1.82) is 0 Å². The molecule has 0 aliphatic rings. The number of benzene rings is 1. The lowest BCUT2D eigenvalue weighted by Crippen LogP contribution is -2.17. The van der Waals surface area contributed by atoms with Crippen molar-refractivity contribution in [2.75, 3.05) is 10.6 Å².